The van der Waals surface area contributed by atoms with Crippen LogP contribution in [0.4, 0.5) is 0 Å². The molecule has 0 aliphatic carbocycles. The van der Waals surface area contributed by atoms with Crippen molar-refractivity contribution in [1.29, 1.82) is 0 Å². The third kappa shape index (κ3) is 4.47. The van der Waals surface area contributed by atoms with Crippen LogP contribution < -0.4 is 10.6 Å². The second-order valence-corrected chi connectivity index (χ2v) is 5.40. The average Bonchev–Trinajstić information content (AvgIpc) is 2.39. The SMILES string of the molecule is CCNC(=O)CN1CCN(C(=O)C(C)(C)NC)CC1. The average molecular weight is 270 g/mol. The number of amides is 2. The van der Waals surface area contributed by atoms with Gasteiger partial charge in [-0.1, -0.05) is 0 Å². The normalized spacial score (nSPS) is 17.4. The molecule has 0 aromatic heterocycles. The minimum absolute atomic E-state index is 0.0535. The molecule has 1 rings (SSSR count). The standard InChI is InChI=1S/C13H26N4O2/c1-5-15-11(18)10-16-6-8-17(9-7-16)12(19)13(2,3)14-4/h14H,5-10H2,1-4H3,(H,15,18). The van der Waals surface area contributed by atoms with Crippen LogP contribution in [0.15, 0.2) is 0 Å². The van der Waals surface area contributed by atoms with E-state index in [0.29, 0.717) is 26.2 Å². The third-order valence-corrected chi connectivity index (χ3v) is 3.56. The van der Waals surface area contributed by atoms with Crippen molar-refractivity contribution in [3.05, 3.63) is 0 Å². The Hall–Kier alpha value is -1.14. The van der Waals surface area contributed by atoms with E-state index in [9.17, 15) is 9.59 Å². The van der Waals surface area contributed by atoms with E-state index < -0.39 is 5.54 Å². The first-order valence-electron chi connectivity index (χ1n) is 6.88. The predicted octanol–water partition coefficient (Wildman–Crippen LogP) is -0.735. The monoisotopic (exact) mass is 270 g/mol. The van der Waals surface area contributed by atoms with Crippen LogP contribution >= 0.6 is 0 Å². The van der Waals surface area contributed by atoms with Gasteiger partial charge in [-0.3, -0.25) is 14.5 Å². The molecule has 1 aliphatic rings. The van der Waals surface area contributed by atoms with Crippen LogP contribution in [0.2, 0.25) is 0 Å². The molecule has 0 radical (unpaired) electrons. The molecule has 6 nitrogen and oxygen atoms in total. The summed E-state index contributed by atoms with van der Waals surface area (Å²) in [7, 11) is 1.79. The quantitative estimate of drug-likeness (QED) is 0.691. The first-order chi connectivity index (χ1) is 8.90. The van der Waals surface area contributed by atoms with Gasteiger partial charge in [-0.25, -0.2) is 0 Å². The van der Waals surface area contributed by atoms with E-state index in [-0.39, 0.29) is 11.8 Å². The highest BCUT2D eigenvalue weighted by Crippen LogP contribution is 2.10. The van der Waals surface area contributed by atoms with Crippen molar-refractivity contribution < 1.29 is 9.59 Å². The fraction of sp³-hybridized carbons (Fsp3) is 0.846. The van der Waals surface area contributed by atoms with Crippen LogP contribution in [0.5, 0.6) is 0 Å². The zero-order valence-corrected chi connectivity index (χ0v) is 12.5. The minimum Gasteiger partial charge on any atom is -0.355 e. The van der Waals surface area contributed by atoms with Crippen molar-refractivity contribution in [2.24, 2.45) is 0 Å². The lowest BCUT2D eigenvalue weighted by Gasteiger charge is -2.38. The van der Waals surface area contributed by atoms with Gasteiger partial charge in [0.25, 0.3) is 0 Å². The second kappa shape index (κ2) is 6.86. The Labute approximate surface area is 115 Å². The Morgan fingerprint density at radius 1 is 1.16 bits per heavy atom. The topological polar surface area (TPSA) is 64.7 Å². The van der Waals surface area contributed by atoms with Gasteiger partial charge in [0.15, 0.2) is 0 Å². The van der Waals surface area contributed by atoms with Gasteiger partial charge in [-0.05, 0) is 27.8 Å². The molecule has 19 heavy (non-hydrogen) atoms. The number of likely N-dealkylation sites (N-methyl/N-ethyl adjacent to an activating group) is 2. The lowest BCUT2D eigenvalue weighted by molar-refractivity contribution is -0.138. The maximum Gasteiger partial charge on any atom is 0.242 e. The van der Waals surface area contributed by atoms with Gasteiger partial charge in [0.1, 0.15) is 0 Å². The summed E-state index contributed by atoms with van der Waals surface area (Å²) in [5, 5.41) is 5.82. The van der Waals surface area contributed by atoms with Crippen LogP contribution in [0, 0.1) is 0 Å². The van der Waals surface area contributed by atoms with E-state index in [4.69, 9.17) is 0 Å². The third-order valence-electron chi connectivity index (χ3n) is 3.56. The molecule has 1 heterocycles. The highest BCUT2D eigenvalue weighted by atomic mass is 16.2. The Morgan fingerprint density at radius 2 is 1.74 bits per heavy atom. The van der Waals surface area contributed by atoms with E-state index in [1.165, 1.54) is 0 Å². The van der Waals surface area contributed by atoms with E-state index in [1.54, 1.807) is 7.05 Å². The van der Waals surface area contributed by atoms with E-state index in [0.717, 1.165) is 13.1 Å². The van der Waals surface area contributed by atoms with Crippen LogP contribution in [-0.2, 0) is 9.59 Å². The largest absolute Gasteiger partial charge is 0.355 e. The van der Waals surface area contributed by atoms with Crippen molar-refractivity contribution in [1.82, 2.24) is 20.4 Å². The molecule has 2 amide bonds. The van der Waals surface area contributed by atoms with Gasteiger partial charge < -0.3 is 15.5 Å². The van der Waals surface area contributed by atoms with Crippen LogP contribution in [0.3, 0.4) is 0 Å². The molecule has 0 spiro atoms. The van der Waals surface area contributed by atoms with Crippen molar-refractivity contribution >= 4 is 11.8 Å². The number of nitrogens with one attached hydrogen (secondary N) is 2. The Balaban J connectivity index is 2.41. The molecule has 110 valence electrons. The van der Waals surface area contributed by atoms with E-state index >= 15 is 0 Å². The summed E-state index contributed by atoms with van der Waals surface area (Å²) in [5.41, 5.74) is -0.526. The molecule has 0 aromatic rings. The van der Waals surface area contributed by atoms with Gasteiger partial charge >= 0.3 is 0 Å². The van der Waals surface area contributed by atoms with Gasteiger partial charge in [0.05, 0.1) is 12.1 Å². The summed E-state index contributed by atoms with van der Waals surface area (Å²) in [6.07, 6.45) is 0. The Bertz CT molecular complexity index is 323. The number of hydrogen-bond acceptors (Lipinski definition) is 4. The molecule has 1 aliphatic heterocycles. The maximum absolute atomic E-state index is 12.2. The number of carbonyl (C=O) groups is 2. The minimum atomic E-state index is -0.526. The van der Waals surface area contributed by atoms with Crippen LogP contribution in [0.25, 0.3) is 0 Å². The van der Waals surface area contributed by atoms with E-state index in [2.05, 4.69) is 15.5 Å². The van der Waals surface area contributed by atoms with Crippen LogP contribution in [0.1, 0.15) is 20.8 Å². The zero-order valence-electron chi connectivity index (χ0n) is 12.5. The Morgan fingerprint density at radius 3 is 2.21 bits per heavy atom. The number of piperazine rings is 1. The summed E-state index contributed by atoms with van der Waals surface area (Å²) in [4.78, 5) is 27.7. The van der Waals surface area contributed by atoms with Crippen molar-refractivity contribution in [3.8, 4) is 0 Å². The molecule has 0 bridgehead atoms. The summed E-state index contributed by atoms with van der Waals surface area (Å²) < 4.78 is 0. The molecule has 6 heteroatoms. The molecule has 1 saturated heterocycles. The van der Waals surface area contributed by atoms with Crippen LogP contribution in [-0.4, -0.2) is 73.5 Å². The second-order valence-electron chi connectivity index (χ2n) is 5.40. The molecule has 0 atom stereocenters. The van der Waals surface area contributed by atoms with E-state index in [1.807, 2.05) is 25.7 Å². The predicted molar refractivity (Wildman–Crippen MR) is 74.8 cm³/mol. The molecule has 2 N–H and O–H groups in total. The highest BCUT2D eigenvalue weighted by molar-refractivity contribution is 5.85. The summed E-state index contributed by atoms with van der Waals surface area (Å²) in [5.74, 6) is 0.172. The summed E-state index contributed by atoms with van der Waals surface area (Å²) >= 11 is 0. The van der Waals surface area contributed by atoms with Gasteiger partial charge in [-0.15, -0.1) is 0 Å². The van der Waals surface area contributed by atoms with Crippen molar-refractivity contribution in [2.75, 3.05) is 46.3 Å². The smallest absolute Gasteiger partial charge is 0.242 e. The molecular formula is C13H26N4O2. The summed E-state index contributed by atoms with van der Waals surface area (Å²) in [6, 6.07) is 0. The highest BCUT2D eigenvalue weighted by Gasteiger charge is 2.32. The number of nitrogens with zero attached hydrogens (tertiary/aromatic N) is 2. The van der Waals surface area contributed by atoms with Gasteiger partial charge in [-0.2, -0.15) is 0 Å². The number of hydrogen-bond donors (Lipinski definition) is 2. The number of rotatable bonds is 5. The maximum atomic E-state index is 12.2. The van der Waals surface area contributed by atoms with Gasteiger partial charge in [0.2, 0.25) is 11.8 Å². The lowest BCUT2D eigenvalue weighted by atomic mass is 10.0. The van der Waals surface area contributed by atoms with Gasteiger partial charge in [0, 0.05) is 32.7 Å². The molecule has 0 saturated carbocycles. The summed E-state index contributed by atoms with van der Waals surface area (Å²) in [6.45, 7) is 9.64. The molecule has 0 unspecified atom stereocenters. The van der Waals surface area contributed by atoms with Crippen molar-refractivity contribution in [2.45, 2.75) is 26.3 Å². The van der Waals surface area contributed by atoms with Crippen molar-refractivity contribution in [3.63, 3.8) is 0 Å². The Kier molecular flexibility index (Phi) is 5.75. The zero-order chi connectivity index (χ0) is 14.5. The number of carbonyl (C=O) groups excluding carboxylic acids is 2. The molecule has 0 aromatic carbocycles. The first kappa shape index (κ1) is 15.9. The fourth-order valence-corrected chi connectivity index (χ4v) is 2.07. The molecular weight excluding hydrogens is 244 g/mol. The first-order valence-corrected chi connectivity index (χ1v) is 6.88. The fourth-order valence-electron chi connectivity index (χ4n) is 2.07. The molecule has 1 fully saturated rings. The lowest BCUT2D eigenvalue weighted by Crippen LogP contribution is -2.58.